The van der Waals surface area contributed by atoms with E-state index < -0.39 is 0 Å². The molecule has 0 aromatic carbocycles. The van der Waals surface area contributed by atoms with E-state index >= 15 is 0 Å². The van der Waals surface area contributed by atoms with Crippen LogP contribution in [0.2, 0.25) is 0 Å². The third-order valence-electron chi connectivity index (χ3n) is 9.46. The number of allylic oxidation sites excluding steroid dienone is 14. The molecule has 48 heavy (non-hydrogen) atoms. The van der Waals surface area contributed by atoms with Crippen molar-refractivity contribution >= 4 is 0 Å². The zero-order chi connectivity index (χ0) is 35.3. The molecule has 276 valence electrons. The topological polar surface area (TPSA) is 3.24 Å². The summed E-state index contributed by atoms with van der Waals surface area (Å²) in [6, 6.07) is 0. The van der Waals surface area contributed by atoms with Crippen LogP contribution in [0.15, 0.2) is 84.6 Å². The van der Waals surface area contributed by atoms with Crippen molar-refractivity contribution in [3.63, 3.8) is 0 Å². The van der Waals surface area contributed by atoms with Crippen LogP contribution in [0.25, 0.3) is 0 Å². The highest BCUT2D eigenvalue weighted by molar-refractivity contribution is 5.06. The van der Waals surface area contributed by atoms with Gasteiger partial charge in [0.2, 0.25) is 0 Å². The van der Waals surface area contributed by atoms with Crippen LogP contribution >= 0.6 is 0 Å². The molecule has 1 heteroatoms. The van der Waals surface area contributed by atoms with Crippen LogP contribution in [0.5, 0.6) is 0 Å². The summed E-state index contributed by atoms with van der Waals surface area (Å²) in [7, 11) is 4.38. The zero-order valence-corrected chi connectivity index (χ0v) is 33.4. The summed E-state index contributed by atoms with van der Waals surface area (Å²) < 4.78 is 0. The average molecular weight is 662 g/mol. The SMILES string of the molecule is CC/C=C(\CCCCN(C)C)CC(C)C(C=CCC=CCCCCCCC=CCC=CCC=CCCC)CC(/C=C/CCCCC)CC. The lowest BCUT2D eigenvalue weighted by atomic mass is 9.80. The lowest BCUT2D eigenvalue weighted by Gasteiger charge is -2.26. The van der Waals surface area contributed by atoms with Crippen molar-refractivity contribution in [1.29, 1.82) is 0 Å². The molecule has 0 heterocycles. The third-order valence-corrected chi connectivity index (χ3v) is 9.46. The van der Waals surface area contributed by atoms with E-state index in [9.17, 15) is 0 Å². The molecule has 3 unspecified atom stereocenters. The predicted octanol–water partition coefficient (Wildman–Crippen LogP) is 15.3. The van der Waals surface area contributed by atoms with Crippen LogP contribution < -0.4 is 0 Å². The molecule has 1 nitrogen and oxygen atoms in total. The third kappa shape index (κ3) is 31.4. The molecule has 0 aliphatic heterocycles. The summed E-state index contributed by atoms with van der Waals surface area (Å²) in [6.07, 6.45) is 58.8. The lowest BCUT2D eigenvalue weighted by molar-refractivity contribution is 0.351. The van der Waals surface area contributed by atoms with E-state index in [0.717, 1.165) is 25.7 Å². The van der Waals surface area contributed by atoms with Crippen molar-refractivity contribution in [2.75, 3.05) is 20.6 Å². The van der Waals surface area contributed by atoms with Crippen molar-refractivity contribution in [2.24, 2.45) is 17.8 Å². The Morgan fingerprint density at radius 1 is 0.562 bits per heavy atom. The lowest BCUT2D eigenvalue weighted by Crippen LogP contribution is -2.15. The molecule has 0 aliphatic rings. The van der Waals surface area contributed by atoms with E-state index in [-0.39, 0.29) is 0 Å². The largest absolute Gasteiger partial charge is 0.309 e. The first kappa shape index (κ1) is 46.1. The van der Waals surface area contributed by atoms with Crippen molar-refractivity contribution in [2.45, 2.75) is 176 Å². The minimum Gasteiger partial charge on any atom is -0.309 e. The zero-order valence-electron chi connectivity index (χ0n) is 33.4. The second-order valence-corrected chi connectivity index (χ2v) is 14.5. The smallest absolute Gasteiger partial charge is 0.00247 e. The minimum absolute atomic E-state index is 0.642. The van der Waals surface area contributed by atoms with Crippen LogP contribution in [0, 0.1) is 17.8 Å². The second kappa shape index (κ2) is 36.4. The number of rotatable bonds is 33. The monoisotopic (exact) mass is 662 g/mol. The van der Waals surface area contributed by atoms with E-state index in [4.69, 9.17) is 0 Å². The Labute approximate surface area is 302 Å². The van der Waals surface area contributed by atoms with Gasteiger partial charge in [0.15, 0.2) is 0 Å². The van der Waals surface area contributed by atoms with Crippen LogP contribution in [0.3, 0.4) is 0 Å². The Hall–Kier alpha value is -1.86. The normalized spacial score (nSPS) is 15.2. The number of hydrogen-bond acceptors (Lipinski definition) is 1. The van der Waals surface area contributed by atoms with Gasteiger partial charge in [0.25, 0.3) is 0 Å². The van der Waals surface area contributed by atoms with Gasteiger partial charge in [0, 0.05) is 0 Å². The molecule has 0 rings (SSSR count). The van der Waals surface area contributed by atoms with Gasteiger partial charge >= 0.3 is 0 Å². The van der Waals surface area contributed by atoms with Gasteiger partial charge in [-0.1, -0.05) is 151 Å². The Kier molecular flexibility index (Phi) is 35.0. The molecule has 0 aromatic heterocycles. The summed E-state index contributed by atoms with van der Waals surface area (Å²) in [6.45, 7) is 12.9. The molecule has 0 bridgehead atoms. The highest BCUT2D eigenvalue weighted by atomic mass is 15.0. The van der Waals surface area contributed by atoms with Gasteiger partial charge in [0.05, 0.1) is 0 Å². The first-order valence-electron chi connectivity index (χ1n) is 20.7. The van der Waals surface area contributed by atoms with Crippen molar-refractivity contribution in [1.82, 2.24) is 4.90 Å². The molecular formula is C47H83N. The summed E-state index contributed by atoms with van der Waals surface area (Å²) in [5.74, 6) is 2.01. The summed E-state index contributed by atoms with van der Waals surface area (Å²) in [5.41, 5.74) is 1.69. The van der Waals surface area contributed by atoms with Gasteiger partial charge in [-0.05, 0) is 148 Å². The second-order valence-electron chi connectivity index (χ2n) is 14.5. The van der Waals surface area contributed by atoms with E-state index in [1.54, 1.807) is 5.57 Å². The van der Waals surface area contributed by atoms with Crippen molar-refractivity contribution < 1.29 is 0 Å². The number of hydrogen-bond donors (Lipinski definition) is 0. The minimum atomic E-state index is 0.642. The van der Waals surface area contributed by atoms with Gasteiger partial charge in [-0.15, -0.1) is 0 Å². The molecule has 0 aliphatic carbocycles. The number of unbranched alkanes of at least 4 members (excludes halogenated alkanes) is 10. The molecule has 0 saturated heterocycles. The van der Waals surface area contributed by atoms with Crippen LogP contribution in [-0.2, 0) is 0 Å². The highest BCUT2D eigenvalue weighted by Crippen LogP contribution is 2.31. The quantitative estimate of drug-likeness (QED) is 0.0500. The first-order chi connectivity index (χ1) is 23.5. The molecule has 0 N–H and O–H groups in total. The van der Waals surface area contributed by atoms with Crippen molar-refractivity contribution in [3.05, 3.63) is 84.6 Å². The maximum atomic E-state index is 2.59. The Balaban J connectivity index is 4.72. The standard InChI is InChI=1S/C47H83N/c1-8-12-14-16-17-18-19-20-21-22-23-24-25-26-27-28-29-30-32-34-40-47(43-45(11-4)38-33-31-15-13-9-2)44(5)42-46(37-10-3)39-35-36-41-48(6)7/h14,16,18-19,21-22,29-30,33-34,37-38,40,44-45,47H,8-13,15,17,20,23-28,31-32,35-36,39,41-43H2,1-7H3/b16-14?,19-18?,22-21?,30-29?,38-33+,40-34?,46-37+. The Morgan fingerprint density at radius 3 is 1.73 bits per heavy atom. The first-order valence-corrected chi connectivity index (χ1v) is 20.7. The Bertz CT molecular complexity index is 879. The van der Waals surface area contributed by atoms with Crippen LogP contribution in [0.1, 0.15) is 176 Å². The van der Waals surface area contributed by atoms with Crippen LogP contribution in [0.4, 0.5) is 0 Å². The van der Waals surface area contributed by atoms with Gasteiger partial charge in [-0.2, -0.15) is 0 Å². The fourth-order valence-corrected chi connectivity index (χ4v) is 6.32. The summed E-state index contributed by atoms with van der Waals surface area (Å²) in [4.78, 5) is 2.32. The molecule has 3 atom stereocenters. The molecule has 0 saturated carbocycles. The highest BCUT2D eigenvalue weighted by Gasteiger charge is 2.19. The molecular weight excluding hydrogens is 579 g/mol. The molecule has 0 radical (unpaired) electrons. The Morgan fingerprint density at radius 2 is 1.15 bits per heavy atom. The van der Waals surface area contributed by atoms with Gasteiger partial charge < -0.3 is 4.90 Å². The molecule has 0 aromatic rings. The van der Waals surface area contributed by atoms with E-state index in [1.807, 2.05) is 0 Å². The van der Waals surface area contributed by atoms with Crippen molar-refractivity contribution in [3.8, 4) is 0 Å². The van der Waals surface area contributed by atoms with Gasteiger partial charge in [-0.25, -0.2) is 0 Å². The maximum absolute atomic E-state index is 2.59. The fourth-order valence-electron chi connectivity index (χ4n) is 6.32. The van der Waals surface area contributed by atoms with E-state index in [0.29, 0.717) is 17.8 Å². The molecule has 0 amide bonds. The number of nitrogens with zero attached hydrogens (tertiary/aromatic N) is 1. The summed E-state index contributed by atoms with van der Waals surface area (Å²) in [5, 5.41) is 0. The average Bonchev–Trinajstić information content (AvgIpc) is 3.07. The predicted molar refractivity (Wildman–Crippen MR) is 222 cm³/mol. The fraction of sp³-hybridized carbons (Fsp3) is 0.702. The maximum Gasteiger partial charge on any atom is -0.00247 e. The summed E-state index contributed by atoms with van der Waals surface area (Å²) >= 11 is 0. The van der Waals surface area contributed by atoms with Gasteiger partial charge in [0.1, 0.15) is 0 Å². The van der Waals surface area contributed by atoms with E-state index in [2.05, 4.69) is 133 Å². The molecule has 0 fully saturated rings. The van der Waals surface area contributed by atoms with Gasteiger partial charge in [-0.3, -0.25) is 0 Å². The molecule has 0 spiro atoms. The van der Waals surface area contributed by atoms with Crippen LogP contribution in [-0.4, -0.2) is 25.5 Å². The van der Waals surface area contributed by atoms with E-state index in [1.165, 1.54) is 122 Å².